The molecule has 21 heavy (non-hydrogen) atoms. The van der Waals surface area contributed by atoms with Gasteiger partial charge in [-0.25, -0.2) is 0 Å². The molecule has 0 heterocycles. The van der Waals surface area contributed by atoms with Crippen molar-refractivity contribution >= 4 is 13.3 Å². The summed E-state index contributed by atoms with van der Waals surface area (Å²) in [5.74, 6) is 0. The van der Waals surface area contributed by atoms with Crippen LogP contribution in [0.3, 0.4) is 0 Å². The summed E-state index contributed by atoms with van der Waals surface area (Å²) in [7, 11) is -2.31. The van der Waals surface area contributed by atoms with Crippen LogP contribution >= 0.6 is 0 Å². The van der Waals surface area contributed by atoms with Gasteiger partial charge in [-0.05, 0) is 6.07 Å². The Hall–Kier alpha value is -0.983. The maximum atomic E-state index is 12.9. The van der Waals surface area contributed by atoms with Gasteiger partial charge in [0.25, 0.3) is 0 Å². The van der Waals surface area contributed by atoms with Crippen LogP contribution in [0.15, 0.2) is 18.2 Å². The maximum Gasteiger partial charge on any atom is 0.416 e. The Bertz CT molecular complexity index is 445. The molecule has 0 aliphatic heterocycles. The Kier molecular flexibility index (Phi) is 5.18. The van der Waals surface area contributed by atoms with Gasteiger partial charge < -0.3 is 0 Å². The average Bonchev–Trinajstić information content (AvgIpc) is 2.39. The number of benzene rings is 1. The summed E-state index contributed by atoms with van der Waals surface area (Å²) >= 11 is 0. The molecule has 0 aliphatic rings. The van der Waals surface area contributed by atoms with Crippen molar-refractivity contribution in [3.05, 3.63) is 29.3 Å². The van der Waals surface area contributed by atoms with Crippen molar-refractivity contribution in [1.82, 2.24) is 0 Å². The van der Waals surface area contributed by atoms with Crippen LogP contribution in [0.1, 0.15) is 31.9 Å². The largest absolute Gasteiger partial charge is 0.416 e. The average molecular weight is 328 g/mol. The number of hydrogen-bond donors (Lipinski definition) is 0. The summed E-state index contributed by atoms with van der Waals surface area (Å²) in [6, 6.07) is 3.90. The van der Waals surface area contributed by atoms with Crippen molar-refractivity contribution in [2.45, 2.75) is 51.3 Å². The fourth-order valence-corrected chi connectivity index (χ4v) is 6.27. The van der Waals surface area contributed by atoms with Gasteiger partial charge in [0.05, 0.1) is 19.2 Å². The third kappa shape index (κ3) is 3.81. The molecule has 0 aliphatic carbocycles. The Labute approximate surface area is 121 Å². The summed E-state index contributed by atoms with van der Waals surface area (Å²) in [6.07, 6.45) is -9.54. The summed E-state index contributed by atoms with van der Waals surface area (Å²) in [6.45, 7) is 5.52. The molecule has 1 aromatic rings. The molecule has 120 valence electrons. The van der Waals surface area contributed by atoms with E-state index in [4.69, 9.17) is 0 Å². The van der Waals surface area contributed by atoms with Crippen LogP contribution in [0, 0.1) is 0 Å². The van der Waals surface area contributed by atoms with E-state index < -0.39 is 31.6 Å². The first-order chi connectivity index (χ1) is 9.50. The van der Waals surface area contributed by atoms with Gasteiger partial charge in [0, 0.05) is 0 Å². The second-order valence-electron chi connectivity index (χ2n) is 5.14. The maximum absolute atomic E-state index is 12.9. The van der Waals surface area contributed by atoms with E-state index in [0.717, 1.165) is 12.1 Å². The fourth-order valence-electron chi connectivity index (χ4n) is 2.62. The lowest BCUT2D eigenvalue weighted by Crippen LogP contribution is -2.46. The lowest BCUT2D eigenvalue weighted by atomic mass is 10.1. The van der Waals surface area contributed by atoms with Crippen LogP contribution < -0.4 is 5.19 Å². The molecule has 0 bridgehead atoms. The molecule has 0 aromatic heterocycles. The monoisotopic (exact) mass is 328 g/mol. The summed E-state index contributed by atoms with van der Waals surface area (Å²) in [5, 5.41) is 0.247. The normalized spacial score (nSPS) is 13.6. The Balaban J connectivity index is 3.59. The van der Waals surface area contributed by atoms with E-state index in [1.54, 1.807) is 0 Å². The molecule has 0 unspecified atom stereocenters. The minimum Gasteiger partial charge on any atom is -0.166 e. The quantitative estimate of drug-likeness (QED) is 0.510. The summed E-state index contributed by atoms with van der Waals surface area (Å²) in [5.41, 5.74) is -2.42. The minimum absolute atomic E-state index is 0.198. The van der Waals surface area contributed by atoms with Gasteiger partial charge in [-0.1, -0.05) is 56.2 Å². The minimum atomic E-state index is -4.77. The standard InChI is InChI=1S/C14H18F6Si/c1-4-21(5-2,6-3)12-8-10(13(15,16)17)7-11(9-12)14(18,19)20/h7-9H,4-6H2,1-3H3. The molecule has 0 fully saturated rings. The second-order valence-corrected chi connectivity index (χ2v) is 10.4. The summed E-state index contributed by atoms with van der Waals surface area (Å²) in [4.78, 5) is 0. The first kappa shape index (κ1) is 18.1. The van der Waals surface area contributed by atoms with Crippen LogP contribution in [0.4, 0.5) is 26.3 Å². The molecule has 0 nitrogen and oxygen atoms in total. The predicted molar refractivity (Wildman–Crippen MR) is 73.3 cm³/mol. The zero-order valence-corrected chi connectivity index (χ0v) is 13.1. The zero-order valence-electron chi connectivity index (χ0n) is 12.1. The van der Waals surface area contributed by atoms with Crippen molar-refractivity contribution < 1.29 is 26.3 Å². The first-order valence-electron chi connectivity index (χ1n) is 6.80. The van der Waals surface area contributed by atoms with Crippen molar-refractivity contribution in [3.8, 4) is 0 Å². The number of hydrogen-bond acceptors (Lipinski definition) is 0. The number of alkyl halides is 6. The Morgan fingerprint density at radius 2 is 1.05 bits per heavy atom. The lowest BCUT2D eigenvalue weighted by Gasteiger charge is -2.30. The SMILES string of the molecule is CC[Si](CC)(CC)c1cc(C(F)(F)F)cc(C(F)(F)F)c1. The van der Waals surface area contributed by atoms with Gasteiger partial charge in [0.15, 0.2) is 0 Å². The van der Waals surface area contributed by atoms with Gasteiger partial charge >= 0.3 is 12.4 Å². The van der Waals surface area contributed by atoms with Crippen LogP contribution in [-0.4, -0.2) is 8.07 Å². The van der Waals surface area contributed by atoms with E-state index in [2.05, 4.69) is 0 Å². The molecule has 0 atom stereocenters. The smallest absolute Gasteiger partial charge is 0.166 e. The lowest BCUT2D eigenvalue weighted by molar-refractivity contribution is -0.142. The highest BCUT2D eigenvalue weighted by molar-refractivity contribution is 6.91. The van der Waals surface area contributed by atoms with Crippen LogP contribution in [0.2, 0.25) is 18.1 Å². The molecule has 0 saturated heterocycles. The van der Waals surface area contributed by atoms with E-state index in [-0.39, 0.29) is 11.3 Å². The fraction of sp³-hybridized carbons (Fsp3) is 0.571. The number of rotatable bonds is 4. The van der Waals surface area contributed by atoms with Gasteiger partial charge in [-0.2, -0.15) is 26.3 Å². The highest BCUT2D eigenvalue weighted by Gasteiger charge is 2.39. The topological polar surface area (TPSA) is 0 Å². The molecule has 0 amide bonds. The van der Waals surface area contributed by atoms with Gasteiger partial charge in [0.2, 0.25) is 0 Å². The first-order valence-corrected chi connectivity index (χ1v) is 9.42. The molecular weight excluding hydrogens is 310 g/mol. The Morgan fingerprint density at radius 1 is 0.714 bits per heavy atom. The third-order valence-electron chi connectivity index (χ3n) is 4.23. The van der Waals surface area contributed by atoms with Crippen molar-refractivity contribution in [2.24, 2.45) is 0 Å². The van der Waals surface area contributed by atoms with Crippen molar-refractivity contribution in [1.29, 1.82) is 0 Å². The van der Waals surface area contributed by atoms with Gasteiger partial charge in [-0.3, -0.25) is 0 Å². The zero-order chi connectivity index (χ0) is 16.5. The molecule has 0 N–H and O–H groups in total. The molecule has 0 spiro atoms. The van der Waals surface area contributed by atoms with E-state index in [9.17, 15) is 26.3 Å². The predicted octanol–water partition coefficient (Wildman–Crippen LogP) is 5.44. The molecule has 0 saturated carbocycles. The second kappa shape index (κ2) is 6.02. The third-order valence-corrected chi connectivity index (χ3v) is 9.80. The molecule has 0 radical (unpaired) electrons. The molecular formula is C14H18F6Si. The van der Waals surface area contributed by atoms with E-state index in [0.29, 0.717) is 18.1 Å². The van der Waals surface area contributed by atoms with E-state index in [1.165, 1.54) is 0 Å². The van der Waals surface area contributed by atoms with Crippen LogP contribution in [-0.2, 0) is 12.4 Å². The highest BCUT2D eigenvalue weighted by atomic mass is 28.3. The van der Waals surface area contributed by atoms with E-state index >= 15 is 0 Å². The van der Waals surface area contributed by atoms with Crippen molar-refractivity contribution in [2.75, 3.05) is 0 Å². The van der Waals surface area contributed by atoms with Gasteiger partial charge in [0.1, 0.15) is 0 Å². The van der Waals surface area contributed by atoms with E-state index in [1.807, 2.05) is 20.8 Å². The van der Waals surface area contributed by atoms with Crippen LogP contribution in [0.25, 0.3) is 0 Å². The molecule has 1 rings (SSSR count). The summed E-state index contributed by atoms with van der Waals surface area (Å²) < 4.78 is 77.3. The van der Waals surface area contributed by atoms with Crippen molar-refractivity contribution in [3.63, 3.8) is 0 Å². The van der Waals surface area contributed by atoms with Gasteiger partial charge in [-0.15, -0.1) is 0 Å². The number of halogens is 6. The molecule has 1 aromatic carbocycles. The van der Waals surface area contributed by atoms with Crippen LogP contribution in [0.5, 0.6) is 0 Å². The highest BCUT2D eigenvalue weighted by Crippen LogP contribution is 2.36. The molecule has 7 heteroatoms. The Morgan fingerprint density at radius 3 is 1.29 bits per heavy atom.